The summed E-state index contributed by atoms with van der Waals surface area (Å²) < 4.78 is 20.2. The van der Waals surface area contributed by atoms with Gasteiger partial charge in [-0.3, -0.25) is 14.9 Å². The van der Waals surface area contributed by atoms with E-state index in [0.29, 0.717) is 22.6 Å². The third kappa shape index (κ3) is 4.36. The molecule has 0 fully saturated rings. The summed E-state index contributed by atoms with van der Waals surface area (Å²) in [6, 6.07) is 13.4. The molecule has 0 atom stereocenters. The van der Waals surface area contributed by atoms with Gasteiger partial charge in [-0.15, -0.1) is 15.3 Å². The van der Waals surface area contributed by atoms with Crippen LogP contribution >= 0.6 is 0 Å². The van der Waals surface area contributed by atoms with Crippen LogP contribution in [0.15, 0.2) is 54.6 Å². The summed E-state index contributed by atoms with van der Waals surface area (Å²) in [7, 11) is 0. The number of hydrogen-bond acceptors (Lipinski definition) is 7. The lowest BCUT2D eigenvalue weighted by Gasteiger charge is -2.08. The van der Waals surface area contributed by atoms with Gasteiger partial charge in [0.15, 0.2) is 11.5 Å². The molecule has 4 rings (SSSR count). The Labute approximate surface area is 180 Å². The molecule has 0 unspecified atom stereocenters. The highest BCUT2D eigenvalue weighted by molar-refractivity contribution is 5.94. The lowest BCUT2D eigenvalue weighted by molar-refractivity contribution is -0.385. The van der Waals surface area contributed by atoms with Gasteiger partial charge < -0.3 is 10.1 Å². The number of nitrogens with zero attached hydrogens (tertiary/aromatic N) is 5. The van der Waals surface area contributed by atoms with Crippen molar-refractivity contribution in [3.05, 3.63) is 81.7 Å². The van der Waals surface area contributed by atoms with Crippen LogP contribution in [0, 0.1) is 22.9 Å². The van der Waals surface area contributed by atoms with Crippen molar-refractivity contribution in [2.75, 3.05) is 13.2 Å². The van der Waals surface area contributed by atoms with Gasteiger partial charge in [-0.1, -0.05) is 6.07 Å². The molecular formula is C21H17FN6O4. The molecule has 0 saturated carbocycles. The summed E-state index contributed by atoms with van der Waals surface area (Å²) in [6.45, 7) is 1.88. The first-order valence-electron chi connectivity index (χ1n) is 9.57. The van der Waals surface area contributed by atoms with E-state index in [1.54, 1.807) is 31.2 Å². The Balaban J connectivity index is 1.39. The van der Waals surface area contributed by atoms with Crippen molar-refractivity contribution in [1.82, 2.24) is 25.1 Å². The van der Waals surface area contributed by atoms with Gasteiger partial charge in [0.25, 0.3) is 11.6 Å². The summed E-state index contributed by atoms with van der Waals surface area (Å²) in [5.41, 5.74) is 1.69. The number of amides is 1. The van der Waals surface area contributed by atoms with Gasteiger partial charge in [0.1, 0.15) is 12.4 Å². The Morgan fingerprint density at radius 3 is 2.69 bits per heavy atom. The first kappa shape index (κ1) is 20.8. The maximum absolute atomic E-state index is 13.2. The van der Waals surface area contributed by atoms with Crippen LogP contribution in [0.3, 0.4) is 0 Å². The van der Waals surface area contributed by atoms with E-state index in [0.717, 1.165) is 0 Å². The van der Waals surface area contributed by atoms with Crippen molar-refractivity contribution >= 4 is 17.2 Å². The third-order valence-electron chi connectivity index (χ3n) is 4.65. The fourth-order valence-electron chi connectivity index (χ4n) is 3.00. The minimum atomic E-state index is -0.526. The Morgan fingerprint density at radius 2 is 1.94 bits per heavy atom. The number of carbonyl (C=O) groups is 1. The summed E-state index contributed by atoms with van der Waals surface area (Å²) in [5.74, 6) is -0.0973. The number of aryl methyl sites for hydroxylation is 1. The van der Waals surface area contributed by atoms with Gasteiger partial charge >= 0.3 is 0 Å². The Hall–Kier alpha value is -4.41. The normalized spacial score (nSPS) is 10.8. The molecule has 2 heterocycles. The maximum atomic E-state index is 13.2. The molecule has 0 aliphatic heterocycles. The second-order valence-corrected chi connectivity index (χ2v) is 6.83. The van der Waals surface area contributed by atoms with Gasteiger partial charge in [-0.2, -0.15) is 4.52 Å². The number of halogens is 1. The molecule has 1 amide bonds. The lowest BCUT2D eigenvalue weighted by atomic mass is 10.1. The molecule has 0 aliphatic rings. The standard InChI is InChI=1S/C21H17FN6O4/c1-13-2-3-15(12-17(13)28(30)31)21(29)23-10-11-32-19-9-8-18-24-25-20(27(18)26-19)14-4-6-16(22)7-5-14/h2-9,12H,10-11H2,1H3,(H,23,29). The highest BCUT2D eigenvalue weighted by Gasteiger charge is 2.15. The molecule has 10 nitrogen and oxygen atoms in total. The Morgan fingerprint density at radius 1 is 1.16 bits per heavy atom. The summed E-state index contributed by atoms with van der Waals surface area (Å²) in [5, 5.41) is 26.1. The van der Waals surface area contributed by atoms with Crippen LogP contribution in [0.2, 0.25) is 0 Å². The van der Waals surface area contributed by atoms with Crippen LogP contribution in [0.25, 0.3) is 17.0 Å². The van der Waals surface area contributed by atoms with Crippen molar-refractivity contribution < 1.29 is 18.8 Å². The molecular weight excluding hydrogens is 419 g/mol. The number of nitro benzene ring substituents is 1. The smallest absolute Gasteiger partial charge is 0.273 e. The van der Waals surface area contributed by atoms with E-state index in [2.05, 4.69) is 20.6 Å². The van der Waals surface area contributed by atoms with Crippen LogP contribution in [0.1, 0.15) is 15.9 Å². The zero-order chi connectivity index (χ0) is 22.7. The minimum absolute atomic E-state index is 0.114. The molecule has 162 valence electrons. The van der Waals surface area contributed by atoms with Crippen molar-refractivity contribution in [3.63, 3.8) is 0 Å². The highest BCUT2D eigenvalue weighted by atomic mass is 19.1. The molecule has 4 aromatic rings. The average molecular weight is 436 g/mol. The molecule has 0 saturated heterocycles. The highest BCUT2D eigenvalue weighted by Crippen LogP contribution is 2.20. The van der Waals surface area contributed by atoms with Crippen molar-refractivity contribution in [3.8, 4) is 17.3 Å². The zero-order valence-corrected chi connectivity index (χ0v) is 16.9. The van der Waals surface area contributed by atoms with Crippen LogP contribution < -0.4 is 10.1 Å². The second kappa shape index (κ2) is 8.76. The van der Waals surface area contributed by atoms with E-state index >= 15 is 0 Å². The van der Waals surface area contributed by atoms with E-state index in [-0.39, 0.29) is 36.1 Å². The molecule has 0 bridgehead atoms. The van der Waals surface area contributed by atoms with E-state index in [9.17, 15) is 19.3 Å². The first-order chi connectivity index (χ1) is 15.4. The number of hydrogen-bond donors (Lipinski definition) is 1. The SMILES string of the molecule is Cc1ccc(C(=O)NCCOc2ccc3nnc(-c4ccc(F)cc4)n3n2)cc1[N+](=O)[O-]. The maximum Gasteiger partial charge on any atom is 0.273 e. The predicted molar refractivity (Wildman–Crippen MR) is 112 cm³/mol. The number of fused-ring (bicyclic) bond motifs is 1. The zero-order valence-electron chi connectivity index (χ0n) is 16.9. The molecule has 32 heavy (non-hydrogen) atoms. The fourth-order valence-corrected chi connectivity index (χ4v) is 3.00. The van der Waals surface area contributed by atoms with E-state index in [4.69, 9.17) is 4.74 Å². The number of carbonyl (C=O) groups excluding carboxylic acids is 1. The number of ether oxygens (including phenoxy) is 1. The van der Waals surface area contributed by atoms with E-state index < -0.39 is 10.8 Å². The van der Waals surface area contributed by atoms with Gasteiger partial charge in [-0.25, -0.2) is 4.39 Å². The monoisotopic (exact) mass is 436 g/mol. The van der Waals surface area contributed by atoms with Crippen LogP contribution in [-0.4, -0.2) is 43.8 Å². The number of rotatable bonds is 7. The van der Waals surface area contributed by atoms with Gasteiger partial charge in [-0.05, 0) is 43.3 Å². The Kier molecular flexibility index (Phi) is 5.71. The summed E-state index contributed by atoms with van der Waals surface area (Å²) >= 11 is 0. The second-order valence-electron chi connectivity index (χ2n) is 6.83. The van der Waals surface area contributed by atoms with Crippen LogP contribution in [-0.2, 0) is 0 Å². The summed E-state index contributed by atoms with van der Waals surface area (Å²) in [6.07, 6.45) is 0. The van der Waals surface area contributed by atoms with Crippen molar-refractivity contribution in [2.24, 2.45) is 0 Å². The van der Waals surface area contributed by atoms with Crippen molar-refractivity contribution in [1.29, 1.82) is 0 Å². The number of aromatic nitrogens is 4. The van der Waals surface area contributed by atoms with Crippen LogP contribution in [0.4, 0.5) is 10.1 Å². The molecule has 0 spiro atoms. The lowest BCUT2D eigenvalue weighted by Crippen LogP contribution is -2.28. The molecule has 11 heteroatoms. The number of nitrogens with one attached hydrogen (secondary N) is 1. The van der Waals surface area contributed by atoms with E-state index in [1.807, 2.05) is 0 Å². The topological polar surface area (TPSA) is 125 Å². The largest absolute Gasteiger partial charge is 0.475 e. The Bertz CT molecular complexity index is 1310. The van der Waals surface area contributed by atoms with E-state index in [1.165, 1.54) is 34.8 Å². The predicted octanol–water partition coefficient (Wildman–Crippen LogP) is 2.96. The van der Waals surface area contributed by atoms with Gasteiger partial charge in [0.2, 0.25) is 5.88 Å². The molecule has 0 radical (unpaired) electrons. The van der Waals surface area contributed by atoms with Crippen molar-refractivity contribution in [2.45, 2.75) is 6.92 Å². The van der Waals surface area contributed by atoms with Gasteiger partial charge in [0, 0.05) is 28.8 Å². The number of nitro groups is 1. The average Bonchev–Trinajstić information content (AvgIpc) is 3.20. The molecule has 2 aromatic heterocycles. The minimum Gasteiger partial charge on any atom is -0.475 e. The van der Waals surface area contributed by atoms with Gasteiger partial charge in [0.05, 0.1) is 11.5 Å². The van der Waals surface area contributed by atoms with Crippen LogP contribution in [0.5, 0.6) is 5.88 Å². The molecule has 0 aliphatic carbocycles. The quantitative estimate of drug-likeness (QED) is 0.268. The molecule has 1 N–H and O–H groups in total. The third-order valence-corrected chi connectivity index (χ3v) is 4.65. The first-order valence-corrected chi connectivity index (χ1v) is 9.57. The number of benzene rings is 2. The molecule has 2 aromatic carbocycles. The fraction of sp³-hybridized carbons (Fsp3) is 0.143. The summed E-state index contributed by atoms with van der Waals surface area (Å²) in [4.78, 5) is 22.8.